The number of rotatable bonds is 9. The predicted octanol–water partition coefficient (Wildman–Crippen LogP) is 3.65. The van der Waals surface area contributed by atoms with Crippen LogP contribution < -0.4 is 10.1 Å². The minimum absolute atomic E-state index is 0.352. The molecule has 0 amide bonds. The SMILES string of the molecule is COc1nc(Nc2cn(C(C)(C)C#N)nc2C)nc2c1ncn2COCC[Si](C)(C)C. The molecule has 0 aliphatic heterocycles. The quantitative estimate of drug-likeness (QED) is 0.394. The Morgan fingerprint density at radius 3 is 2.65 bits per heavy atom. The van der Waals surface area contributed by atoms with Crippen molar-refractivity contribution in [3.8, 4) is 11.9 Å². The molecular weight excluding hydrogens is 412 g/mol. The molecule has 166 valence electrons. The second kappa shape index (κ2) is 8.64. The Labute approximate surface area is 183 Å². The first-order chi connectivity index (χ1) is 14.5. The molecule has 0 fully saturated rings. The van der Waals surface area contributed by atoms with Crippen molar-refractivity contribution in [3.05, 3.63) is 18.2 Å². The standard InChI is InChI=1S/C20H30N8O2Si/c1-14-15(10-28(26-14)20(2,3)11-21)23-19-24-17-16(18(25-19)29-4)22-12-27(17)13-30-8-9-31(5,6)7/h10,12H,8-9,13H2,1-7H3,(H,23,24,25). The number of fused-ring (bicyclic) bond motifs is 1. The van der Waals surface area contributed by atoms with Crippen LogP contribution in [-0.4, -0.2) is 51.1 Å². The van der Waals surface area contributed by atoms with Gasteiger partial charge in [0.25, 0.3) is 0 Å². The fraction of sp³-hybridized carbons (Fsp3) is 0.550. The third-order valence-corrected chi connectivity index (χ3v) is 6.55. The van der Waals surface area contributed by atoms with E-state index < -0.39 is 13.6 Å². The van der Waals surface area contributed by atoms with E-state index in [1.807, 2.05) is 11.5 Å². The Balaban J connectivity index is 1.86. The van der Waals surface area contributed by atoms with Crippen LogP contribution in [0.15, 0.2) is 12.5 Å². The van der Waals surface area contributed by atoms with Crippen LogP contribution in [0.3, 0.4) is 0 Å². The molecular formula is C20H30N8O2Si. The number of nitrogens with zero attached hydrogens (tertiary/aromatic N) is 7. The molecule has 3 aromatic rings. The van der Waals surface area contributed by atoms with Gasteiger partial charge in [0.15, 0.2) is 11.2 Å². The fourth-order valence-corrected chi connectivity index (χ4v) is 3.55. The molecule has 3 rings (SSSR count). The van der Waals surface area contributed by atoms with E-state index in [0.29, 0.717) is 42.0 Å². The Morgan fingerprint density at radius 1 is 1.26 bits per heavy atom. The lowest BCUT2D eigenvalue weighted by Gasteiger charge is -2.15. The average Bonchev–Trinajstić information content (AvgIpc) is 3.28. The summed E-state index contributed by atoms with van der Waals surface area (Å²) < 4.78 is 14.7. The summed E-state index contributed by atoms with van der Waals surface area (Å²) in [5, 5.41) is 17.0. The lowest BCUT2D eigenvalue weighted by molar-refractivity contribution is 0.0895. The largest absolute Gasteiger partial charge is 0.479 e. The van der Waals surface area contributed by atoms with E-state index in [0.717, 1.165) is 11.7 Å². The Hall–Kier alpha value is -2.97. The van der Waals surface area contributed by atoms with E-state index >= 15 is 0 Å². The Kier molecular flexibility index (Phi) is 6.33. The van der Waals surface area contributed by atoms with Gasteiger partial charge in [-0.1, -0.05) is 19.6 Å². The molecule has 0 atom stereocenters. The highest BCUT2D eigenvalue weighted by molar-refractivity contribution is 6.76. The molecule has 3 heterocycles. The van der Waals surface area contributed by atoms with Crippen LogP contribution in [-0.2, 0) is 17.0 Å². The van der Waals surface area contributed by atoms with Gasteiger partial charge in [0.2, 0.25) is 11.8 Å². The van der Waals surface area contributed by atoms with Crippen molar-refractivity contribution < 1.29 is 9.47 Å². The first kappa shape index (κ1) is 22.7. The first-order valence-electron chi connectivity index (χ1n) is 10.1. The van der Waals surface area contributed by atoms with Crippen molar-refractivity contribution in [3.63, 3.8) is 0 Å². The molecule has 3 aromatic heterocycles. The molecule has 10 nitrogen and oxygen atoms in total. The van der Waals surface area contributed by atoms with E-state index in [-0.39, 0.29) is 0 Å². The summed E-state index contributed by atoms with van der Waals surface area (Å²) in [6, 6.07) is 3.33. The fourth-order valence-electron chi connectivity index (χ4n) is 2.79. The molecule has 0 bridgehead atoms. The lowest BCUT2D eigenvalue weighted by Crippen LogP contribution is -2.24. The van der Waals surface area contributed by atoms with Crippen molar-refractivity contribution in [2.45, 2.75) is 58.7 Å². The minimum atomic E-state index is -1.15. The molecule has 0 spiro atoms. The van der Waals surface area contributed by atoms with Gasteiger partial charge in [0, 0.05) is 14.7 Å². The van der Waals surface area contributed by atoms with Crippen molar-refractivity contribution >= 4 is 30.9 Å². The van der Waals surface area contributed by atoms with Gasteiger partial charge >= 0.3 is 0 Å². The summed E-state index contributed by atoms with van der Waals surface area (Å²) in [6.45, 7) is 13.5. The monoisotopic (exact) mass is 442 g/mol. The van der Waals surface area contributed by atoms with E-state index in [1.165, 1.54) is 0 Å². The summed E-state index contributed by atoms with van der Waals surface area (Å²) in [7, 11) is 0.396. The molecule has 0 aliphatic carbocycles. The molecule has 11 heteroatoms. The smallest absolute Gasteiger partial charge is 0.246 e. The molecule has 1 N–H and O–H groups in total. The second-order valence-corrected chi connectivity index (χ2v) is 14.8. The van der Waals surface area contributed by atoms with Crippen LogP contribution in [0.2, 0.25) is 25.7 Å². The van der Waals surface area contributed by atoms with Crippen molar-refractivity contribution in [1.29, 1.82) is 5.26 Å². The molecule has 0 radical (unpaired) electrons. The normalized spacial score (nSPS) is 12.2. The number of hydrogen-bond donors (Lipinski definition) is 1. The van der Waals surface area contributed by atoms with E-state index in [4.69, 9.17) is 9.47 Å². The summed E-state index contributed by atoms with van der Waals surface area (Å²) in [4.78, 5) is 13.4. The first-order valence-corrected chi connectivity index (χ1v) is 13.8. The summed E-state index contributed by atoms with van der Waals surface area (Å²) >= 11 is 0. The van der Waals surface area contributed by atoms with Gasteiger partial charge in [0.05, 0.1) is 37.1 Å². The third kappa shape index (κ3) is 5.21. The number of aromatic nitrogens is 6. The number of imidazole rings is 1. The van der Waals surface area contributed by atoms with Crippen LogP contribution in [0.1, 0.15) is 19.5 Å². The summed E-state index contributed by atoms with van der Waals surface area (Å²) in [6.07, 6.45) is 3.45. The summed E-state index contributed by atoms with van der Waals surface area (Å²) in [5.41, 5.74) is 1.86. The van der Waals surface area contributed by atoms with Gasteiger partial charge in [-0.2, -0.15) is 20.3 Å². The van der Waals surface area contributed by atoms with E-state index in [2.05, 4.69) is 51.1 Å². The molecule has 31 heavy (non-hydrogen) atoms. The van der Waals surface area contributed by atoms with Crippen molar-refractivity contribution in [1.82, 2.24) is 29.3 Å². The maximum Gasteiger partial charge on any atom is 0.246 e. The van der Waals surface area contributed by atoms with Crippen LogP contribution in [0, 0.1) is 18.3 Å². The van der Waals surface area contributed by atoms with E-state index in [1.54, 1.807) is 38.2 Å². The Bertz CT molecular complexity index is 1110. The number of ether oxygens (including phenoxy) is 2. The van der Waals surface area contributed by atoms with Gasteiger partial charge in [-0.15, -0.1) is 0 Å². The predicted molar refractivity (Wildman–Crippen MR) is 121 cm³/mol. The van der Waals surface area contributed by atoms with Gasteiger partial charge in [-0.05, 0) is 26.8 Å². The molecule has 0 unspecified atom stereocenters. The number of hydrogen-bond acceptors (Lipinski definition) is 8. The third-order valence-electron chi connectivity index (χ3n) is 4.84. The molecule has 0 aliphatic rings. The highest BCUT2D eigenvalue weighted by atomic mass is 28.3. The average molecular weight is 443 g/mol. The van der Waals surface area contributed by atoms with Gasteiger partial charge in [-0.25, -0.2) is 4.98 Å². The van der Waals surface area contributed by atoms with Crippen LogP contribution >= 0.6 is 0 Å². The minimum Gasteiger partial charge on any atom is -0.479 e. The maximum absolute atomic E-state index is 9.37. The van der Waals surface area contributed by atoms with Crippen LogP contribution in [0.4, 0.5) is 11.6 Å². The zero-order chi connectivity index (χ0) is 22.8. The van der Waals surface area contributed by atoms with Gasteiger partial charge in [0.1, 0.15) is 12.3 Å². The number of aryl methyl sites for hydroxylation is 1. The Morgan fingerprint density at radius 2 is 2.00 bits per heavy atom. The van der Waals surface area contributed by atoms with Crippen molar-refractivity contribution in [2.75, 3.05) is 19.0 Å². The van der Waals surface area contributed by atoms with Crippen molar-refractivity contribution in [2.24, 2.45) is 0 Å². The van der Waals surface area contributed by atoms with Gasteiger partial charge in [-0.3, -0.25) is 9.25 Å². The van der Waals surface area contributed by atoms with Gasteiger partial charge < -0.3 is 14.8 Å². The second-order valence-electron chi connectivity index (χ2n) is 9.16. The van der Waals surface area contributed by atoms with Crippen LogP contribution in [0.5, 0.6) is 5.88 Å². The number of nitriles is 1. The molecule has 0 saturated heterocycles. The zero-order valence-corrected chi connectivity index (χ0v) is 20.2. The van der Waals surface area contributed by atoms with Crippen LogP contribution in [0.25, 0.3) is 11.2 Å². The molecule has 0 saturated carbocycles. The maximum atomic E-state index is 9.37. The number of methoxy groups -OCH3 is 1. The lowest BCUT2D eigenvalue weighted by atomic mass is 10.1. The topological polar surface area (TPSA) is 116 Å². The highest BCUT2D eigenvalue weighted by Gasteiger charge is 2.22. The number of anilines is 2. The van der Waals surface area contributed by atoms with E-state index in [9.17, 15) is 5.26 Å². The summed E-state index contributed by atoms with van der Waals surface area (Å²) in [5.74, 6) is 0.723. The zero-order valence-electron chi connectivity index (χ0n) is 19.2. The number of nitrogens with one attached hydrogen (secondary N) is 1. The highest BCUT2D eigenvalue weighted by Crippen LogP contribution is 2.26. The molecule has 0 aromatic carbocycles.